The van der Waals surface area contributed by atoms with Crippen molar-refractivity contribution >= 4 is 42.7 Å². The van der Waals surface area contributed by atoms with Gasteiger partial charge < -0.3 is 23.2 Å². The number of benzene rings is 1. The number of rotatable bonds is 14. The molecular weight excluding hydrogens is 497 g/mol. The topological polar surface area (TPSA) is 102 Å². The van der Waals surface area contributed by atoms with E-state index in [1.165, 1.54) is 0 Å². The quantitative estimate of drug-likeness (QED) is 0.122. The van der Waals surface area contributed by atoms with Crippen LogP contribution in [-0.4, -0.2) is 54.0 Å². The van der Waals surface area contributed by atoms with Crippen molar-refractivity contribution < 1.29 is 32.8 Å². The molecule has 2 N–H and O–H groups in total. The van der Waals surface area contributed by atoms with Crippen molar-refractivity contribution in [1.29, 1.82) is 0 Å². The second-order valence-electron chi connectivity index (χ2n) is 11.1. The summed E-state index contributed by atoms with van der Waals surface area (Å²) in [5.41, 5.74) is 1.13. The first-order valence-corrected chi connectivity index (χ1v) is 21.6. The van der Waals surface area contributed by atoms with E-state index in [9.17, 15) is 19.8 Å². The summed E-state index contributed by atoms with van der Waals surface area (Å²) in [5, 5.41) is 19.0. The Morgan fingerprint density at radius 1 is 0.914 bits per heavy atom. The summed E-state index contributed by atoms with van der Waals surface area (Å²) in [4.78, 5) is 23.3. The molecule has 35 heavy (non-hydrogen) atoms. The minimum atomic E-state index is -2.41. The Kier molecular flexibility index (Phi) is 11.2. The minimum absolute atomic E-state index is 0.183. The van der Waals surface area contributed by atoms with Gasteiger partial charge in [0.15, 0.2) is 16.6 Å². The van der Waals surface area contributed by atoms with Crippen LogP contribution in [0, 0.1) is 5.92 Å². The molecule has 0 aliphatic heterocycles. The number of allylic oxidation sites excluding steroid dienone is 1. The second kappa shape index (κ2) is 12.5. The molecule has 0 amide bonds. The van der Waals surface area contributed by atoms with E-state index in [4.69, 9.17) is 13.0 Å². The van der Waals surface area contributed by atoms with E-state index >= 15 is 0 Å². The van der Waals surface area contributed by atoms with Gasteiger partial charge in [-0.1, -0.05) is 32.9 Å². The number of hydrogen-bond acceptors (Lipinski definition) is 5. The molecule has 0 saturated carbocycles. The first-order valence-electron chi connectivity index (χ1n) is 12.3. The van der Waals surface area contributed by atoms with E-state index < -0.39 is 42.7 Å². The average molecular weight is 541 g/mol. The molecule has 1 rings (SSSR count). The van der Waals surface area contributed by atoms with Crippen LogP contribution in [0.15, 0.2) is 23.8 Å². The van der Waals surface area contributed by atoms with Crippen molar-refractivity contribution in [2.24, 2.45) is 5.92 Å². The molecule has 1 unspecified atom stereocenters. The SMILES string of the molecule is CCC(=C(C(=O)O)C(=O)O)c1cccc(OCC(C)C[Si](C)(O[Si](C)(C)C)O[Si](C)(C)C)c1CC. The third-order valence-electron chi connectivity index (χ3n) is 5.18. The summed E-state index contributed by atoms with van der Waals surface area (Å²) in [7, 11) is -6.01. The predicted molar refractivity (Wildman–Crippen MR) is 148 cm³/mol. The average Bonchev–Trinajstić information content (AvgIpc) is 2.65. The Morgan fingerprint density at radius 2 is 1.43 bits per heavy atom. The van der Waals surface area contributed by atoms with E-state index in [1.807, 2.05) is 13.0 Å². The molecule has 0 bridgehead atoms. The number of aliphatic carboxylic acids is 2. The van der Waals surface area contributed by atoms with E-state index in [-0.39, 0.29) is 12.3 Å². The summed E-state index contributed by atoms with van der Waals surface area (Å²) in [5.74, 6) is -2.04. The molecule has 0 aromatic heterocycles. The van der Waals surface area contributed by atoms with Crippen LogP contribution in [0.4, 0.5) is 0 Å². The van der Waals surface area contributed by atoms with Gasteiger partial charge in [-0.2, -0.15) is 0 Å². The minimum Gasteiger partial charge on any atom is -0.493 e. The smallest absolute Gasteiger partial charge is 0.343 e. The zero-order valence-corrected chi connectivity index (χ0v) is 26.1. The van der Waals surface area contributed by atoms with Gasteiger partial charge in [0, 0.05) is 5.56 Å². The summed E-state index contributed by atoms with van der Waals surface area (Å²) < 4.78 is 19.5. The third kappa shape index (κ3) is 10.0. The van der Waals surface area contributed by atoms with Gasteiger partial charge in [-0.3, -0.25) is 0 Å². The molecule has 1 atom stereocenters. The highest BCUT2D eigenvalue weighted by atomic mass is 28.5. The molecule has 0 aliphatic carbocycles. The predicted octanol–water partition coefficient (Wildman–Crippen LogP) is 6.37. The molecule has 0 heterocycles. The van der Waals surface area contributed by atoms with Gasteiger partial charge in [0.25, 0.3) is 0 Å². The highest BCUT2D eigenvalue weighted by molar-refractivity contribution is 6.87. The van der Waals surface area contributed by atoms with Crippen LogP contribution < -0.4 is 4.74 Å². The fourth-order valence-electron chi connectivity index (χ4n) is 4.52. The van der Waals surface area contributed by atoms with Gasteiger partial charge in [-0.15, -0.1) is 0 Å². The lowest BCUT2D eigenvalue weighted by atomic mass is 9.91. The van der Waals surface area contributed by atoms with Crippen LogP contribution in [0.5, 0.6) is 5.75 Å². The van der Waals surface area contributed by atoms with E-state index in [0.717, 1.165) is 11.6 Å². The summed E-state index contributed by atoms with van der Waals surface area (Å²) in [6.45, 7) is 21.6. The Morgan fingerprint density at radius 3 is 1.83 bits per heavy atom. The van der Waals surface area contributed by atoms with Crippen LogP contribution >= 0.6 is 0 Å². The van der Waals surface area contributed by atoms with E-state index in [1.54, 1.807) is 19.1 Å². The fourth-order valence-corrected chi connectivity index (χ4v) is 17.5. The van der Waals surface area contributed by atoms with Gasteiger partial charge in [0.2, 0.25) is 0 Å². The van der Waals surface area contributed by atoms with Crippen LogP contribution in [0.2, 0.25) is 51.9 Å². The molecule has 198 valence electrons. The van der Waals surface area contributed by atoms with Gasteiger partial charge in [0.1, 0.15) is 11.3 Å². The van der Waals surface area contributed by atoms with E-state index in [0.29, 0.717) is 29.9 Å². The number of carboxylic acids is 2. The Bertz CT molecular complexity index is 898. The van der Waals surface area contributed by atoms with Crippen molar-refractivity contribution in [3.8, 4) is 5.75 Å². The molecule has 7 nitrogen and oxygen atoms in total. The third-order valence-corrected chi connectivity index (χ3v) is 15.0. The summed E-state index contributed by atoms with van der Waals surface area (Å²) in [6.07, 6.45) is 0.868. The van der Waals surface area contributed by atoms with Crippen molar-refractivity contribution in [3.63, 3.8) is 0 Å². The maximum Gasteiger partial charge on any atom is 0.343 e. The van der Waals surface area contributed by atoms with Crippen LogP contribution in [-0.2, 0) is 24.2 Å². The molecule has 0 fully saturated rings. The first kappa shape index (κ1) is 31.3. The van der Waals surface area contributed by atoms with Crippen LogP contribution in [0.25, 0.3) is 5.57 Å². The normalized spacial score (nSPS) is 13.3. The molecule has 0 saturated heterocycles. The first-order chi connectivity index (χ1) is 15.9. The van der Waals surface area contributed by atoms with Gasteiger partial charge in [-0.25, -0.2) is 9.59 Å². The molecule has 0 spiro atoms. The van der Waals surface area contributed by atoms with Crippen LogP contribution in [0.3, 0.4) is 0 Å². The fraction of sp³-hybridized carbons (Fsp3) is 0.600. The zero-order valence-electron chi connectivity index (χ0n) is 23.1. The Hall–Kier alpha value is -1.73. The maximum absolute atomic E-state index is 11.7. The van der Waals surface area contributed by atoms with Crippen molar-refractivity contribution in [2.75, 3.05) is 6.61 Å². The number of hydrogen-bond donors (Lipinski definition) is 2. The number of ether oxygens (including phenoxy) is 1. The molecule has 1 aromatic rings. The molecule has 1 aromatic carbocycles. The Labute approximate surface area is 214 Å². The van der Waals surface area contributed by atoms with Crippen molar-refractivity contribution in [1.82, 2.24) is 0 Å². The van der Waals surface area contributed by atoms with Crippen molar-refractivity contribution in [3.05, 3.63) is 34.9 Å². The lowest BCUT2D eigenvalue weighted by Crippen LogP contribution is -2.53. The maximum atomic E-state index is 11.7. The summed E-state index contributed by atoms with van der Waals surface area (Å²) in [6, 6.07) is 6.22. The Balaban J connectivity index is 3.24. The summed E-state index contributed by atoms with van der Waals surface area (Å²) >= 11 is 0. The number of carboxylic acid groups (broad SMARTS) is 2. The standard InChI is InChI=1S/C25H44O7Si3/c1-11-19-21(20(12-2)23(24(26)27)25(28)29)14-13-15-22(19)30-16-18(3)17-35(10,31-33(4,5)6)32-34(7,8)9/h13-15,18H,11-12,16-17H2,1-10H3,(H,26,27)(H,28,29). The van der Waals surface area contributed by atoms with Crippen molar-refractivity contribution in [2.45, 2.75) is 85.5 Å². The van der Waals surface area contributed by atoms with E-state index in [2.05, 4.69) is 52.8 Å². The largest absolute Gasteiger partial charge is 0.493 e. The van der Waals surface area contributed by atoms with Gasteiger partial charge in [-0.05, 0) is 87.8 Å². The van der Waals surface area contributed by atoms with Crippen LogP contribution in [0.1, 0.15) is 38.3 Å². The lowest BCUT2D eigenvalue weighted by Gasteiger charge is -2.39. The molecule has 0 aliphatic rings. The zero-order chi connectivity index (χ0) is 27.2. The molecule has 10 heteroatoms. The molecular formula is C25H44O7Si3. The van der Waals surface area contributed by atoms with Gasteiger partial charge in [0.05, 0.1) is 6.61 Å². The van der Waals surface area contributed by atoms with Gasteiger partial charge >= 0.3 is 20.5 Å². The highest BCUT2D eigenvalue weighted by Crippen LogP contribution is 2.33. The number of carbonyl (C=O) groups is 2. The lowest BCUT2D eigenvalue weighted by molar-refractivity contribution is -0.140. The highest BCUT2D eigenvalue weighted by Gasteiger charge is 2.41. The second-order valence-corrected chi connectivity index (χ2v) is 23.9. The molecule has 0 radical (unpaired) electrons. The monoisotopic (exact) mass is 540 g/mol.